The Labute approximate surface area is 122 Å². The van der Waals surface area contributed by atoms with Gasteiger partial charge in [-0.3, -0.25) is 9.59 Å². The van der Waals surface area contributed by atoms with Crippen LogP contribution in [0, 0.1) is 5.82 Å². The Morgan fingerprint density at radius 1 is 1.10 bits per heavy atom. The lowest BCUT2D eigenvalue weighted by Crippen LogP contribution is -2.23. The van der Waals surface area contributed by atoms with Crippen molar-refractivity contribution in [1.29, 1.82) is 0 Å². The third-order valence-electron chi connectivity index (χ3n) is 2.84. The molecule has 108 valence electrons. The van der Waals surface area contributed by atoms with E-state index in [9.17, 15) is 14.0 Å². The Bertz CT molecular complexity index is 671. The van der Waals surface area contributed by atoms with Crippen molar-refractivity contribution < 1.29 is 14.0 Å². The zero-order chi connectivity index (χ0) is 15.2. The summed E-state index contributed by atoms with van der Waals surface area (Å²) < 4.78 is 13.5. The van der Waals surface area contributed by atoms with Crippen LogP contribution in [0.3, 0.4) is 0 Å². The topological polar surface area (TPSA) is 58.2 Å². The van der Waals surface area contributed by atoms with Gasteiger partial charge in [-0.25, -0.2) is 4.39 Å². The van der Waals surface area contributed by atoms with E-state index in [1.54, 1.807) is 42.5 Å². The summed E-state index contributed by atoms with van der Waals surface area (Å²) in [6.07, 6.45) is 0. The first-order valence-electron chi connectivity index (χ1n) is 6.45. The number of anilines is 1. The van der Waals surface area contributed by atoms with Crippen molar-refractivity contribution in [3.8, 4) is 0 Å². The summed E-state index contributed by atoms with van der Waals surface area (Å²) in [5.74, 6) is -0.894. The van der Waals surface area contributed by atoms with Crippen LogP contribution in [0.4, 0.5) is 10.1 Å². The lowest BCUT2D eigenvalue weighted by Gasteiger charge is -2.08. The largest absolute Gasteiger partial charge is 0.348 e. The number of amides is 2. The molecule has 0 aromatic heterocycles. The third kappa shape index (κ3) is 4.14. The molecule has 0 aliphatic rings. The first-order valence-corrected chi connectivity index (χ1v) is 6.45. The highest BCUT2D eigenvalue weighted by atomic mass is 19.1. The molecule has 0 radical (unpaired) electrons. The molecule has 0 fully saturated rings. The van der Waals surface area contributed by atoms with Crippen LogP contribution in [-0.4, -0.2) is 11.8 Å². The minimum absolute atomic E-state index is 0.107. The van der Waals surface area contributed by atoms with Crippen LogP contribution in [0.1, 0.15) is 22.8 Å². The van der Waals surface area contributed by atoms with Gasteiger partial charge in [0.2, 0.25) is 5.91 Å². The fraction of sp³-hybridized carbons (Fsp3) is 0.125. The molecule has 0 atom stereocenters. The molecule has 2 aromatic carbocycles. The van der Waals surface area contributed by atoms with Gasteiger partial charge in [0.25, 0.3) is 5.91 Å². The quantitative estimate of drug-likeness (QED) is 0.908. The lowest BCUT2D eigenvalue weighted by atomic mass is 10.1. The van der Waals surface area contributed by atoms with Gasteiger partial charge in [0.1, 0.15) is 5.82 Å². The van der Waals surface area contributed by atoms with Gasteiger partial charge in [-0.15, -0.1) is 0 Å². The van der Waals surface area contributed by atoms with E-state index in [2.05, 4.69) is 10.6 Å². The van der Waals surface area contributed by atoms with E-state index in [0.29, 0.717) is 16.8 Å². The van der Waals surface area contributed by atoms with Crippen molar-refractivity contribution in [2.45, 2.75) is 13.5 Å². The van der Waals surface area contributed by atoms with Crippen LogP contribution in [0.25, 0.3) is 0 Å². The molecule has 2 amide bonds. The molecule has 0 heterocycles. The SMILES string of the molecule is CC(=O)Nc1cccc(C(=O)NCc2ccccc2F)c1. The smallest absolute Gasteiger partial charge is 0.251 e. The summed E-state index contributed by atoms with van der Waals surface area (Å²) in [5, 5.41) is 5.25. The summed E-state index contributed by atoms with van der Waals surface area (Å²) in [6.45, 7) is 1.50. The van der Waals surface area contributed by atoms with Gasteiger partial charge in [-0.2, -0.15) is 0 Å². The molecular formula is C16H15FN2O2. The van der Waals surface area contributed by atoms with Gasteiger partial charge >= 0.3 is 0 Å². The standard InChI is InChI=1S/C16H15FN2O2/c1-11(20)19-14-7-4-6-12(9-14)16(21)18-10-13-5-2-3-8-15(13)17/h2-9H,10H2,1H3,(H,18,21)(H,19,20). The minimum atomic E-state index is -0.357. The van der Waals surface area contributed by atoms with Gasteiger partial charge < -0.3 is 10.6 Å². The van der Waals surface area contributed by atoms with Crippen molar-refractivity contribution in [2.24, 2.45) is 0 Å². The summed E-state index contributed by atoms with van der Waals surface area (Å²) >= 11 is 0. The van der Waals surface area contributed by atoms with E-state index >= 15 is 0 Å². The van der Waals surface area contributed by atoms with Crippen LogP contribution < -0.4 is 10.6 Å². The first kappa shape index (κ1) is 14.7. The molecule has 4 nitrogen and oxygen atoms in total. The van der Waals surface area contributed by atoms with Gasteiger partial charge in [0.05, 0.1) is 0 Å². The third-order valence-corrected chi connectivity index (χ3v) is 2.84. The van der Waals surface area contributed by atoms with Crippen LogP contribution in [0.2, 0.25) is 0 Å². The Balaban J connectivity index is 2.03. The predicted octanol–water partition coefficient (Wildman–Crippen LogP) is 2.71. The van der Waals surface area contributed by atoms with E-state index in [0.717, 1.165) is 0 Å². The fourth-order valence-corrected chi connectivity index (χ4v) is 1.86. The molecule has 0 aliphatic carbocycles. The molecule has 0 aliphatic heterocycles. The lowest BCUT2D eigenvalue weighted by molar-refractivity contribution is -0.114. The Kier molecular flexibility index (Phi) is 4.66. The number of halogens is 1. The van der Waals surface area contributed by atoms with E-state index in [1.807, 2.05) is 0 Å². The highest BCUT2D eigenvalue weighted by molar-refractivity contribution is 5.96. The van der Waals surface area contributed by atoms with Crippen molar-refractivity contribution >= 4 is 17.5 Å². The van der Waals surface area contributed by atoms with Crippen molar-refractivity contribution in [3.63, 3.8) is 0 Å². The number of benzene rings is 2. The van der Waals surface area contributed by atoms with Crippen LogP contribution in [0.5, 0.6) is 0 Å². The van der Waals surface area contributed by atoms with Gasteiger partial charge in [0, 0.05) is 30.3 Å². The van der Waals surface area contributed by atoms with Crippen LogP contribution in [-0.2, 0) is 11.3 Å². The Hall–Kier alpha value is -2.69. The normalized spacial score (nSPS) is 10.0. The number of nitrogens with one attached hydrogen (secondary N) is 2. The first-order chi connectivity index (χ1) is 10.1. The van der Waals surface area contributed by atoms with Crippen molar-refractivity contribution in [1.82, 2.24) is 5.32 Å². The summed E-state index contributed by atoms with van der Waals surface area (Å²) in [5.41, 5.74) is 1.36. The van der Waals surface area contributed by atoms with Gasteiger partial charge in [-0.1, -0.05) is 24.3 Å². The molecule has 0 spiro atoms. The predicted molar refractivity (Wildman–Crippen MR) is 78.3 cm³/mol. The molecule has 0 unspecified atom stereocenters. The second-order valence-corrected chi connectivity index (χ2v) is 4.54. The second kappa shape index (κ2) is 6.65. The van der Waals surface area contributed by atoms with Crippen molar-refractivity contribution in [3.05, 3.63) is 65.5 Å². The maximum atomic E-state index is 13.5. The van der Waals surface area contributed by atoms with E-state index in [1.165, 1.54) is 13.0 Å². The number of carbonyl (C=O) groups is 2. The zero-order valence-electron chi connectivity index (χ0n) is 11.5. The molecule has 5 heteroatoms. The maximum absolute atomic E-state index is 13.5. The Morgan fingerprint density at radius 3 is 2.57 bits per heavy atom. The average molecular weight is 286 g/mol. The molecular weight excluding hydrogens is 271 g/mol. The minimum Gasteiger partial charge on any atom is -0.348 e. The molecule has 0 bridgehead atoms. The second-order valence-electron chi connectivity index (χ2n) is 4.54. The molecule has 2 rings (SSSR count). The molecule has 2 N–H and O–H groups in total. The van der Waals surface area contributed by atoms with E-state index in [-0.39, 0.29) is 24.2 Å². The number of hydrogen-bond donors (Lipinski definition) is 2. The number of rotatable bonds is 4. The molecule has 0 saturated carbocycles. The zero-order valence-corrected chi connectivity index (χ0v) is 11.5. The van der Waals surface area contributed by atoms with Crippen LogP contribution in [0.15, 0.2) is 48.5 Å². The van der Waals surface area contributed by atoms with Gasteiger partial charge in [-0.05, 0) is 24.3 Å². The van der Waals surface area contributed by atoms with Crippen molar-refractivity contribution in [2.75, 3.05) is 5.32 Å². The van der Waals surface area contributed by atoms with E-state index < -0.39 is 0 Å². The monoisotopic (exact) mass is 286 g/mol. The molecule has 0 saturated heterocycles. The molecule has 2 aromatic rings. The molecule has 21 heavy (non-hydrogen) atoms. The van der Waals surface area contributed by atoms with Gasteiger partial charge in [0.15, 0.2) is 0 Å². The average Bonchev–Trinajstić information content (AvgIpc) is 2.45. The highest BCUT2D eigenvalue weighted by Crippen LogP contribution is 2.11. The maximum Gasteiger partial charge on any atom is 0.251 e. The summed E-state index contributed by atoms with van der Waals surface area (Å²) in [4.78, 5) is 23.0. The highest BCUT2D eigenvalue weighted by Gasteiger charge is 2.08. The van der Waals surface area contributed by atoms with Crippen LogP contribution >= 0.6 is 0 Å². The number of hydrogen-bond acceptors (Lipinski definition) is 2. The number of carbonyl (C=O) groups excluding carboxylic acids is 2. The summed E-state index contributed by atoms with van der Waals surface area (Å²) in [6, 6.07) is 12.8. The Morgan fingerprint density at radius 2 is 1.86 bits per heavy atom. The fourth-order valence-electron chi connectivity index (χ4n) is 1.86. The van der Waals surface area contributed by atoms with E-state index in [4.69, 9.17) is 0 Å². The summed E-state index contributed by atoms with van der Waals surface area (Å²) in [7, 11) is 0.